The smallest absolute Gasteiger partial charge is 0.254 e. The number of pyridine rings is 1. The molecule has 1 atom stereocenters. The Morgan fingerprint density at radius 1 is 0.967 bits per heavy atom. The van der Waals surface area contributed by atoms with Gasteiger partial charge in [-0.15, -0.1) is 10.2 Å². The predicted molar refractivity (Wildman–Crippen MR) is 109 cm³/mol. The SMILES string of the molecule is O=C(c1ccc(Oc2ccc(F)cc2)cc1)N1CCCC1c1nnc2ccccn12. The molecule has 1 unspecified atom stereocenters. The summed E-state index contributed by atoms with van der Waals surface area (Å²) >= 11 is 0. The minimum absolute atomic E-state index is 0.0430. The molecule has 3 heterocycles. The van der Waals surface area contributed by atoms with Gasteiger partial charge in [0.15, 0.2) is 11.5 Å². The Bertz CT molecular complexity index is 1190. The molecular weight excluding hydrogens is 383 g/mol. The van der Waals surface area contributed by atoms with Gasteiger partial charge in [0.2, 0.25) is 0 Å². The third-order valence-corrected chi connectivity index (χ3v) is 5.30. The number of benzene rings is 2. The Kier molecular flexibility index (Phi) is 4.63. The van der Waals surface area contributed by atoms with Gasteiger partial charge in [-0.3, -0.25) is 9.20 Å². The number of rotatable bonds is 4. The zero-order valence-electron chi connectivity index (χ0n) is 16.1. The van der Waals surface area contributed by atoms with Gasteiger partial charge in [-0.1, -0.05) is 6.07 Å². The van der Waals surface area contributed by atoms with E-state index in [2.05, 4.69) is 10.2 Å². The summed E-state index contributed by atoms with van der Waals surface area (Å²) in [6, 6.07) is 18.4. The maximum Gasteiger partial charge on any atom is 0.254 e. The zero-order chi connectivity index (χ0) is 20.5. The standard InChI is InChI=1S/C23H19FN4O2/c24-17-8-12-19(13-9-17)30-18-10-6-16(7-11-18)23(29)27-15-3-4-20(27)22-26-25-21-5-1-2-14-28(21)22/h1-2,5-14,20H,3-4,15H2. The predicted octanol–water partition coefficient (Wildman–Crippen LogP) is 4.64. The molecule has 1 aliphatic heterocycles. The Labute approximate surface area is 172 Å². The van der Waals surface area contributed by atoms with Crippen LogP contribution in [-0.2, 0) is 0 Å². The number of amides is 1. The lowest BCUT2D eigenvalue weighted by Gasteiger charge is -2.23. The van der Waals surface area contributed by atoms with E-state index in [4.69, 9.17) is 4.74 Å². The number of aromatic nitrogens is 3. The maximum absolute atomic E-state index is 13.2. The molecule has 0 bridgehead atoms. The van der Waals surface area contributed by atoms with Crippen molar-refractivity contribution in [3.05, 3.63) is 90.1 Å². The Balaban J connectivity index is 1.35. The lowest BCUT2D eigenvalue weighted by molar-refractivity contribution is 0.0729. The van der Waals surface area contributed by atoms with Gasteiger partial charge in [-0.2, -0.15) is 0 Å². The molecule has 1 aliphatic rings. The summed E-state index contributed by atoms with van der Waals surface area (Å²) in [5.74, 6) is 1.54. The molecule has 1 amide bonds. The molecule has 150 valence electrons. The first-order valence-electron chi connectivity index (χ1n) is 9.83. The molecule has 2 aromatic heterocycles. The molecule has 4 aromatic rings. The summed E-state index contributed by atoms with van der Waals surface area (Å²) in [5, 5.41) is 8.56. The number of carbonyl (C=O) groups is 1. The average Bonchev–Trinajstić information content (AvgIpc) is 3.42. The van der Waals surface area contributed by atoms with Crippen LogP contribution in [0, 0.1) is 5.82 Å². The van der Waals surface area contributed by atoms with Crippen molar-refractivity contribution in [2.45, 2.75) is 18.9 Å². The fourth-order valence-corrected chi connectivity index (χ4v) is 3.84. The van der Waals surface area contributed by atoms with Crippen LogP contribution in [0.4, 0.5) is 4.39 Å². The number of fused-ring (bicyclic) bond motifs is 1. The van der Waals surface area contributed by atoms with Gasteiger partial charge in [-0.05, 0) is 73.5 Å². The van der Waals surface area contributed by atoms with Crippen molar-refractivity contribution in [2.24, 2.45) is 0 Å². The lowest BCUT2D eigenvalue weighted by Crippen LogP contribution is -2.31. The third-order valence-electron chi connectivity index (χ3n) is 5.30. The quantitative estimate of drug-likeness (QED) is 0.499. The number of nitrogens with zero attached hydrogens (tertiary/aromatic N) is 4. The lowest BCUT2D eigenvalue weighted by atomic mass is 10.1. The molecule has 0 saturated carbocycles. The molecule has 6 nitrogen and oxygen atoms in total. The molecule has 1 saturated heterocycles. The number of hydrogen-bond acceptors (Lipinski definition) is 4. The molecule has 7 heteroatoms. The monoisotopic (exact) mass is 402 g/mol. The van der Waals surface area contributed by atoms with Gasteiger partial charge in [0.25, 0.3) is 5.91 Å². The molecule has 5 rings (SSSR count). The van der Waals surface area contributed by atoms with E-state index in [1.165, 1.54) is 12.1 Å². The van der Waals surface area contributed by atoms with Gasteiger partial charge in [-0.25, -0.2) is 4.39 Å². The van der Waals surface area contributed by atoms with Crippen molar-refractivity contribution in [3.8, 4) is 11.5 Å². The fraction of sp³-hybridized carbons (Fsp3) is 0.174. The van der Waals surface area contributed by atoms with Gasteiger partial charge in [0.1, 0.15) is 17.3 Å². The van der Waals surface area contributed by atoms with E-state index in [0.717, 1.165) is 24.3 Å². The Morgan fingerprint density at radius 2 is 1.70 bits per heavy atom. The Morgan fingerprint density at radius 3 is 2.47 bits per heavy atom. The average molecular weight is 402 g/mol. The zero-order valence-corrected chi connectivity index (χ0v) is 16.1. The normalized spacial score (nSPS) is 16.2. The summed E-state index contributed by atoms with van der Waals surface area (Å²) in [7, 11) is 0. The van der Waals surface area contributed by atoms with E-state index < -0.39 is 0 Å². The van der Waals surface area contributed by atoms with Crippen molar-refractivity contribution < 1.29 is 13.9 Å². The van der Waals surface area contributed by atoms with Crippen LogP contribution in [-0.4, -0.2) is 31.9 Å². The van der Waals surface area contributed by atoms with E-state index >= 15 is 0 Å². The van der Waals surface area contributed by atoms with Gasteiger partial charge < -0.3 is 9.64 Å². The van der Waals surface area contributed by atoms with Crippen LogP contribution in [0.2, 0.25) is 0 Å². The molecule has 0 N–H and O–H groups in total. The van der Waals surface area contributed by atoms with Crippen LogP contribution in [0.15, 0.2) is 72.9 Å². The molecule has 2 aromatic carbocycles. The van der Waals surface area contributed by atoms with E-state index in [-0.39, 0.29) is 17.8 Å². The fourth-order valence-electron chi connectivity index (χ4n) is 3.84. The van der Waals surface area contributed by atoms with Crippen molar-refractivity contribution in [1.82, 2.24) is 19.5 Å². The highest BCUT2D eigenvalue weighted by Crippen LogP contribution is 2.32. The van der Waals surface area contributed by atoms with Crippen molar-refractivity contribution in [3.63, 3.8) is 0 Å². The summed E-state index contributed by atoms with van der Waals surface area (Å²) in [6.45, 7) is 0.680. The number of likely N-dealkylation sites (tertiary alicyclic amines) is 1. The van der Waals surface area contributed by atoms with Crippen LogP contribution in [0.5, 0.6) is 11.5 Å². The highest BCUT2D eigenvalue weighted by atomic mass is 19.1. The van der Waals surface area contributed by atoms with Crippen LogP contribution in [0.25, 0.3) is 5.65 Å². The molecule has 30 heavy (non-hydrogen) atoms. The number of halogens is 1. The second-order valence-corrected chi connectivity index (χ2v) is 7.22. The van der Waals surface area contributed by atoms with E-state index in [1.54, 1.807) is 36.4 Å². The first-order valence-corrected chi connectivity index (χ1v) is 9.83. The summed E-state index contributed by atoms with van der Waals surface area (Å²) in [5.41, 5.74) is 1.36. The van der Waals surface area contributed by atoms with Gasteiger partial charge in [0, 0.05) is 18.3 Å². The number of hydrogen-bond donors (Lipinski definition) is 0. The van der Waals surface area contributed by atoms with Crippen LogP contribution in [0.3, 0.4) is 0 Å². The molecular formula is C23H19FN4O2. The molecule has 1 fully saturated rings. The summed E-state index contributed by atoms with van der Waals surface area (Å²) in [6.07, 6.45) is 3.70. The highest BCUT2D eigenvalue weighted by molar-refractivity contribution is 5.94. The Hall–Kier alpha value is -3.74. The van der Waals surface area contributed by atoms with E-state index in [0.29, 0.717) is 23.6 Å². The first-order chi connectivity index (χ1) is 14.7. The summed E-state index contributed by atoms with van der Waals surface area (Å²) in [4.78, 5) is 15.0. The van der Waals surface area contributed by atoms with Crippen LogP contribution >= 0.6 is 0 Å². The minimum Gasteiger partial charge on any atom is -0.457 e. The van der Waals surface area contributed by atoms with Gasteiger partial charge >= 0.3 is 0 Å². The third kappa shape index (κ3) is 3.39. The van der Waals surface area contributed by atoms with Crippen molar-refractivity contribution in [2.75, 3.05) is 6.54 Å². The highest BCUT2D eigenvalue weighted by Gasteiger charge is 2.33. The van der Waals surface area contributed by atoms with Crippen molar-refractivity contribution in [1.29, 1.82) is 0 Å². The van der Waals surface area contributed by atoms with Gasteiger partial charge in [0.05, 0.1) is 6.04 Å². The molecule has 0 radical (unpaired) electrons. The second kappa shape index (κ2) is 7.59. The summed E-state index contributed by atoms with van der Waals surface area (Å²) < 4.78 is 20.7. The van der Waals surface area contributed by atoms with E-state index in [9.17, 15) is 9.18 Å². The molecule has 0 spiro atoms. The van der Waals surface area contributed by atoms with Crippen LogP contribution < -0.4 is 4.74 Å². The first kappa shape index (κ1) is 18.3. The maximum atomic E-state index is 13.2. The number of ether oxygens (including phenoxy) is 1. The van der Waals surface area contributed by atoms with Crippen LogP contribution in [0.1, 0.15) is 35.1 Å². The second-order valence-electron chi connectivity index (χ2n) is 7.22. The number of carbonyl (C=O) groups excluding carboxylic acids is 1. The van der Waals surface area contributed by atoms with E-state index in [1.807, 2.05) is 33.7 Å². The minimum atomic E-state index is -0.316. The molecule has 0 aliphatic carbocycles. The topological polar surface area (TPSA) is 59.7 Å². The van der Waals surface area contributed by atoms with Crippen molar-refractivity contribution >= 4 is 11.6 Å². The largest absolute Gasteiger partial charge is 0.457 e.